The van der Waals surface area contributed by atoms with Crippen LogP contribution in [0.1, 0.15) is 44.6 Å². The van der Waals surface area contributed by atoms with Crippen molar-refractivity contribution >= 4 is 23.4 Å². The topological polar surface area (TPSA) is 69.6 Å². The highest BCUT2D eigenvalue weighted by atomic mass is 35.5. The minimum atomic E-state index is -0.768. The van der Waals surface area contributed by atoms with Gasteiger partial charge < -0.3 is 15.3 Å². The van der Waals surface area contributed by atoms with Crippen molar-refractivity contribution in [3.8, 4) is 0 Å². The van der Waals surface area contributed by atoms with E-state index < -0.39 is 24.1 Å². The van der Waals surface area contributed by atoms with Gasteiger partial charge in [0.1, 0.15) is 0 Å². The molecule has 3 aromatic carbocycles. The molecule has 0 aromatic heterocycles. The molecule has 2 N–H and O–H groups in total. The molecule has 0 saturated heterocycles. The van der Waals surface area contributed by atoms with Gasteiger partial charge in [-0.3, -0.25) is 9.59 Å². The number of hydrogen-bond acceptors (Lipinski definition) is 3. The minimum Gasteiger partial charge on any atom is -0.390 e. The Bertz CT molecular complexity index is 1430. The maximum atomic E-state index is 14.2. The Morgan fingerprint density at radius 3 is 2.45 bits per heavy atom. The third-order valence-electron chi connectivity index (χ3n) is 7.95. The molecule has 192 valence electrons. The summed E-state index contributed by atoms with van der Waals surface area (Å²) in [5.74, 6) is -1.22. The first kappa shape index (κ1) is 24.7. The molecule has 0 fully saturated rings. The number of fused-ring (bicyclic) bond motifs is 2. The molecule has 0 spiro atoms. The van der Waals surface area contributed by atoms with Gasteiger partial charge in [0.2, 0.25) is 5.91 Å². The van der Waals surface area contributed by atoms with Crippen LogP contribution in [0.5, 0.6) is 0 Å². The van der Waals surface area contributed by atoms with Gasteiger partial charge in [0.05, 0.1) is 24.1 Å². The van der Waals surface area contributed by atoms with Crippen LogP contribution in [-0.2, 0) is 17.6 Å². The summed E-state index contributed by atoms with van der Waals surface area (Å²) in [6, 6.07) is 24.1. The molecule has 0 saturated carbocycles. The number of amides is 2. The first-order chi connectivity index (χ1) is 18.5. The van der Waals surface area contributed by atoms with E-state index in [0.29, 0.717) is 35.5 Å². The summed E-state index contributed by atoms with van der Waals surface area (Å²) in [6.45, 7) is 0.480. The van der Waals surface area contributed by atoms with E-state index in [9.17, 15) is 14.7 Å². The summed E-state index contributed by atoms with van der Waals surface area (Å²) in [6.07, 6.45) is 6.08. The average molecular weight is 525 g/mol. The molecule has 3 aliphatic rings. The number of allylic oxidation sites excluding steroid dienone is 2. The molecule has 3 aromatic rings. The number of benzene rings is 3. The molecule has 6 rings (SSSR count). The highest BCUT2D eigenvalue weighted by Crippen LogP contribution is 2.47. The highest BCUT2D eigenvalue weighted by Gasteiger charge is 2.51. The van der Waals surface area contributed by atoms with Crippen molar-refractivity contribution in [2.45, 2.75) is 36.9 Å². The van der Waals surface area contributed by atoms with Crippen LogP contribution in [0.25, 0.3) is 0 Å². The van der Waals surface area contributed by atoms with E-state index in [1.165, 1.54) is 0 Å². The SMILES string of the molecule is O=C(NCCc1ccccc1)C1c2ccccc2C(=O)N([C@@H]2c3ccccc3C[C@@H]2O)C1C1C=CC(Cl)=C1. The maximum absolute atomic E-state index is 14.2. The van der Waals surface area contributed by atoms with E-state index in [0.717, 1.165) is 16.7 Å². The molecule has 1 aliphatic heterocycles. The van der Waals surface area contributed by atoms with Crippen LogP contribution < -0.4 is 5.32 Å². The van der Waals surface area contributed by atoms with E-state index in [-0.39, 0.29) is 17.7 Å². The van der Waals surface area contributed by atoms with Gasteiger partial charge in [0, 0.05) is 29.5 Å². The van der Waals surface area contributed by atoms with Crippen LogP contribution in [0.3, 0.4) is 0 Å². The Morgan fingerprint density at radius 2 is 1.68 bits per heavy atom. The average Bonchev–Trinajstić information content (AvgIpc) is 3.51. The summed E-state index contributed by atoms with van der Waals surface area (Å²) in [5, 5.41) is 15.0. The van der Waals surface area contributed by atoms with Crippen molar-refractivity contribution in [3.63, 3.8) is 0 Å². The van der Waals surface area contributed by atoms with Gasteiger partial charge in [-0.25, -0.2) is 0 Å². The summed E-state index contributed by atoms with van der Waals surface area (Å²) < 4.78 is 0. The normalized spacial score (nSPS) is 25.6. The quantitative estimate of drug-likeness (QED) is 0.481. The van der Waals surface area contributed by atoms with Crippen LogP contribution in [-0.4, -0.2) is 40.5 Å². The zero-order chi connectivity index (χ0) is 26.2. The number of aliphatic hydroxyl groups excluding tert-OH is 1. The van der Waals surface area contributed by atoms with Gasteiger partial charge in [-0.2, -0.15) is 0 Å². The van der Waals surface area contributed by atoms with Crippen molar-refractivity contribution in [3.05, 3.63) is 130 Å². The molecule has 38 heavy (non-hydrogen) atoms. The molecule has 2 aliphatic carbocycles. The van der Waals surface area contributed by atoms with Crippen LogP contribution in [0.2, 0.25) is 0 Å². The van der Waals surface area contributed by atoms with Crippen LogP contribution in [0.4, 0.5) is 0 Å². The smallest absolute Gasteiger partial charge is 0.255 e. The lowest BCUT2D eigenvalue weighted by atomic mass is 9.75. The fraction of sp³-hybridized carbons (Fsp3) is 0.250. The molecule has 6 heteroatoms. The van der Waals surface area contributed by atoms with Gasteiger partial charge in [-0.05, 0) is 40.8 Å². The standard InChI is InChI=1S/C32H29ClN2O3/c33-23-15-14-22(18-23)29-28(31(37)34-17-16-20-8-2-1-3-9-20)25-12-6-7-13-26(25)32(38)35(29)30-24-11-5-4-10-21(24)19-27(30)36/h1-15,18,22,27-30,36H,16-17,19H2,(H,34,37)/t22?,27-,28?,29?,30+/m0/s1. The third-order valence-corrected chi connectivity index (χ3v) is 8.20. The lowest BCUT2D eigenvalue weighted by Crippen LogP contribution is -2.57. The predicted octanol–water partition coefficient (Wildman–Crippen LogP) is 4.92. The summed E-state index contributed by atoms with van der Waals surface area (Å²) in [7, 11) is 0. The first-order valence-electron chi connectivity index (χ1n) is 13.1. The lowest BCUT2D eigenvalue weighted by molar-refractivity contribution is -0.125. The fourth-order valence-corrected chi connectivity index (χ4v) is 6.50. The number of aliphatic hydroxyl groups is 1. The minimum absolute atomic E-state index is 0.138. The van der Waals surface area contributed by atoms with E-state index >= 15 is 0 Å². The monoisotopic (exact) mass is 524 g/mol. The summed E-state index contributed by atoms with van der Waals surface area (Å²) in [5.41, 5.74) is 4.30. The Kier molecular flexibility index (Phi) is 6.64. The Balaban J connectivity index is 1.42. The zero-order valence-corrected chi connectivity index (χ0v) is 21.6. The second-order valence-corrected chi connectivity index (χ2v) is 10.6. The number of rotatable bonds is 6. The zero-order valence-electron chi connectivity index (χ0n) is 20.8. The first-order valence-corrected chi connectivity index (χ1v) is 13.5. The van der Waals surface area contributed by atoms with Gasteiger partial charge >= 0.3 is 0 Å². The third kappa shape index (κ3) is 4.36. The van der Waals surface area contributed by atoms with Crippen LogP contribution in [0.15, 0.2) is 102 Å². The Hall–Kier alpha value is -3.67. The summed E-state index contributed by atoms with van der Waals surface area (Å²) in [4.78, 5) is 30.0. The van der Waals surface area contributed by atoms with E-state index in [4.69, 9.17) is 11.6 Å². The molecule has 0 bridgehead atoms. The van der Waals surface area contributed by atoms with Gasteiger partial charge in [-0.1, -0.05) is 96.5 Å². The van der Waals surface area contributed by atoms with Crippen molar-refractivity contribution in [2.24, 2.45) is 5.92 Å². The Morgan fingerprint density at radius 1 is 0.974 bits per heavy atom. The van der Waals surface area contributed by atoms with Crippen molar-refractivity contribution < 1.29 is 14.7 Å². The second-order valence-electron chi connectivity index (χ2n) is 10.2. The lowest BCUT2D eigenvalue weighted by Gasteiger charge is -2.47. The second kappa shape index (κ2) is 10.2. The number of carbonyl (C=O) groups is 2. The van der Waals surface area contributed by atoms with Gasteiger partial charge in [0.15, 0.2) is 0 Å². The molecular weight excluding hydrogens is 496 g/mol. The Labute approximate surface area is 227 Å². The highest BCUT2D eigenvalue weighted by molar-refractivity contribution is 6.31. The van der Waals surface area contributed by atoms with E-state index in [1.54, 1.807) is 11.0 Å². The van der Waals surface area contributed by atoms with Crippen LogP contribution >= 0.6 is 11.6 Å². The van der Waals surface area contributed by atoms with Crippen molar-refractivity contribution in [1.82, 2.24) is 10.2 Å². The number of nitrogens with one attached hydrogen (secondary N) is 1. The van der Waals surface area contributed by atoms with Gasteiger partial charge in [-0.15, -0.1) is 0 Å². The maximum Gasteiger partial charge on any atom is 0.255 e. The molecule has 1 heterocycles. The molecule has 0 radical (unpaired) electrons. The molecular formula is C32H29ClN2O3. The number of carbonyl (C=O) groups excluding carboxylic acids is 2. The van der Waals surface area contributed by atoms with Gasteiger partial charge in [0.25, 0.3) is 5.91 Å². The predicted molar refractivity (Wildman–Crippen MR) is 148 cm³/mol. The van der Waals surface area contributed by atoms with Crippen molar-refractivity contribution in [2.75, 3.05) is 6.54 Å². The number of nitrogens with zero attached hydrogens (tertiary/aromatic N) is 1. The molecule has 2 amide bonds. The summed E-state index contributed by atoms with van der Waals surface area (Å²) >= 11 is 6.38. The molecule has 5 nitrogen and oxygen atoms in total. The number of hydrogen-bond donors (Lipinski definition) is 2. The fourth-order valence-electron chi connectivity index (χ4n) is 6.28. The van der Waals surface area contributed by atoms with E-state index in [1.807, 2.05) is 91.0 Å². The number of halogens is 1. The largest absolute Gasteiger partial charge is 0.390 e. The molecule has 3 unspecified atom stereocenters. The molecule has 5 atom stereocenters. The van der Waals surface area contributed by atoms with Crippen molar-refractivity contribution in [1.29, 1.82) is 0 Å². The van der Waals surface area contributed by atoms with E-state index in [2.05, 4.69) is 5.32 Å². The van der Waals surface area contributed by atoms with Crippen LogP contribution in [0, 0.1) is 5.92 Å².